The number of nitrogens with zero attached hydrogens (tertiary/aromatic N) is 1. The van der Waals surface area contributed by atoms with Crippen molar-refractivity contribution >= 4 is 17.4 Å². The lowest BCUT2D eigenvalue weighted by atomic mass is 10.3. The standard InChI is InChI=1S/C11H13N3OS/c1-2-15-9-5-8(12)6-10(7-9)16-11-13-3-4-14-11/h3-7H,2,12H2,1H3,(H,13,14). The van der Waals surface area contributed by atoms with Crippen molar-refractivity contribution in [3.63, 3.8) is 0 Å². The van der Waals surface area contributed by atoms with Crippen molar-refractivity contribution in [3.8, 4) is 5.75 Å². The minimum atomic E-state index is 0.633. The molecule has 2 aromatic rings. The van der Waals surface area contributed by atoms with Gasteiger partial charge in [-0.05, 0) is 19.1 Å². The van der Waals surface area contributed by atoms with Gasteiger partial charge in [0.2, 0.25) is 0 Å². The topological polar surface area (TPSA) is 63.9 Å². The lowest BCUT2D eigenvalue weighted by Gasteiger charge is -2.06. The lowest BCUT2D eigenvalue weighted by molar-refractivity contribution is 0.339. The van der Waals surface area contributed by atoms with Gasteiger partial charge in [-0.1, -0.05) is 11.8 Å². The maximum atomic E-state index is 5.79. The maximum absolute atomic E-state index is 5.79. The zero-order chi connectivity index (χ0) is 11.4. The summed E-state index contributed by atoms with van der Waals surface area (Å²) in [5.41, 5.74) is 6.49. The van der Waals surface area contributed by atoms with Crippen molar-refractivity contribution in [2.24, 2.45) is 0 Å². The number of hydrogen-bond donors (Lipinski definition) is 2. The molecule has 0 bridgehead atoms. The van der Waals surface area contributed by atoms with Gasteiger partial charge in [0, 0.05) is 29.0 Å². The summed E-state index contributed by atoms with van der Waals surface area (Å²) in [6.45, 7) is 2.58. The molecular formula is C11H13N3OS. The van der Waals surface area contributed by atoms with Gasteiger partial charge in [0.05, 0.1) is 6.61 Å². The Balaban J connectivity index is 2.20. The first-order valence-electron chi connectivity index (χ1n) is 4.98. The van der Waals surface area contributed by atoms with Crippen LogP contribution in [0.1, 0.15) is 6.92 Å². The Labute approximate surface area is 98.2 Å². The molecule has 1 aromatic carbocycles. The summed E-state index contributed by atoms with van der Waals surface area (Å²) in [6.07, 6.45) is 3.51. The average Bonchev–Trinajstić information content (AvgIpc) is 2.70. The molecule has 0 aliphatic rings. The molecule has 0 aliphatic carbocycles. The van der Waals surface area contributed by atoms with Crippen molar-refractivity contribution in [3.05, 3.63) is 30.6 Å². The predicted molar refractivity (Wildman–Crippen MR) is 64.7 cm³/mol. The summed E-state index contributed by atoms with van der Waals surface area (Å²) in [5.74, 6) is 0.788. The molecule has 0 spiro atoms. The molecule has 4 nitrogen and oxygen atoms in total. The van der Waals surface area contributed by atoms with Crippen LogP contribution in [-0.4, -0.2) is 16.6 Å². The largest absolute Gasteiger partial charge is 0.494 e. The molecule has 16 heavy (non-hydrogen) atoms. The van der Waals surface area contributed by atoms with Gasteiger partial charge in [-0.3, -0.25) is 0 Å². The van der Waals surface area contributed by atoms with Crippen LogP contribution in [0.2, 0.25) is 0 Å². The molecule has 1 heterocycles. The number of aromatic amines is 1. The molecule has 0 saturated heterocycles. The molecule has 0 aliphatic heterocycles. The lowest BCUT2D eigenvalue weighted by Crippen LogP contribution is -1.93. The van der Waals surface area contributed by atoms with E-state index in [1.165, 1.54) is 11.8 Å². The molecule has 0 unspecified atom stereocenters. The van der Waals surface area contributed by atoms with Crippen molar-refractivity contribution in [1.82, 2.24) is 9.97 Å². The smallest absolute Gasteiger partial charge is 0.170 e. The number of hydrogen-bond acceptors (Lipinski definition) is 4. The van der Waals surface area contributed by atoms with Gasteiger partial charge in [-0.2, -0.15) is 0 Å². The van der Waals surface area contributed by atoms with E-state index in [0.29, 0.717) is 12.3 Å². The number of aromatic nitrogens is 2. The average molecular weight is 235 g/mol. The molecule has 0 saturated carbocycles. The summed E-state index contributed by atoms with van der Waals surface area (Å²) < 4.78 is 5.42. The van der Waals surface area contributed by atoms with Gasteiger partial charge < -0.3 is 15.5 Å². The highest BCUT2D eigenvalue weighted by Gasteiger charge is 2.03. The molecule has 5 heteroatoms. The summed E-state index contributed by atoms with van der Waals surface area (Å²) in [7, 11) is 0. The molecule has 2 rings (SSSR count). The molecule has 1 aromatic heterocycles. The van der Waals surface area contributed by atoms with Crippen LogP contribution in [0.3, 0.4) is 0 Å². The van der Waals surface area contributed by atoms with E-state index in [9.17, 15) is 0 Å². The second-order valence-electron chi connectivity index (χ2n) is 3.17. The molecule has 3 N–H and O–H groups in total. The van der Waals surface area contributed by atoms with Crippen molar-refractivity contribution in [1.29, 1.82) is 0 Å². The Bertz CT molecular complexity index is 456. The second kappa shape index (κ2) is 4.94. The van der Waals surface area contributed by atoms with E-state index in [4.69, 9.17) is 10.5 Å². The van der Waals surface area contributed by atoms with Crippen LogP contribution in [0.15, 0.2) is 40.6 Å². The number of anilines is 1. The van der Waals surface area contributed by atoms with Gasteiger partial charge in [0.1, 0.15) is 5.75 Å². The number of H-pyrrole nitrogens is 1. The minimum Gasteiger partial charge on any atom is -0.494 e. The maximum Gasteiger partial charge on any atom is 0.170 e. The van der Waals surface area contributed by atoms with Crippen LogP contribution in [0, 0.1) is 0 Å². The Kier molecular flexibility index (Phi) is 3.36. The first-order chi connectivity index (χ1) is 7.78. The molecule has 0 atom stereocenters. The SMILES string of the molecule is CCOc1cc(N)cc(Sc2ncc[nH]2)c1. The van der Waals surface area contributed by atoms with Gasteiger partial charge >= 0.3 is 0 Å². The Morgan fingerprint density at radius 2 is 2.31 bits per heavy atom. The van der Waals surface area contributed by atoms with E-state index in [1.807, 2.05) is 25.1 Å². The monoisotopic (exact) mass is 235 g/mol. The highest BCUT2D eigenvalue weighted by Crippen LogP contribution is 2.30. The predicted octanol–water partition coefficient (Wildman–Crippen LogP) is 2.54. The second-order valence-corrected chi connectivity index (χ2v) is 4.23. The van der Waals surface area contributed by atoms with Gasteiger partial charge in [-0.15, -0.1) is 0 Å². The normalized spacial score (nSPS) is 10.3. The fourth-order valence-corrected chi connectivity index (χ4v) is 2.15. The first kappa shape index (κ1) is 10.9. The number of nitrogen functional groups attached to an aromatic ring is 1. The van der Waals surface area contributed by atoms with E-state index in [0.717, 1.165) is 15.8 Å². The number of nitrogens with one attached hydrogen (secondary N) is 1. The van der Waals surface area contributed by atoms with Crippen molar-refractivity contribution < 1.29 is 4.74 Å². The minimum absolute atomic E-state index is 0.633. The third-order valence-corrected chi connectivity index (χ3v) is 2.79. The summed E-state index contributed by atoms with van der Waals surface area (Å²) >= 11 is 1.52. The number of ether oxygens (including phenoxy) is 1. The van der Waals surface area contributed by atoms with Crippen LogP contribution in [0.5, 0.6) is 5.75 Å². The quantitative estimate of drug-likeness (QED) is 0.799. The van der Waals surface area contributed by atoms with Gasteiger partial charge in [-0.25, -0.2) is 4.98 Å². The van der Waals surface area contributed by atoms with E-state index in [2.05, 4.69) is 9.97 Å². The van der Waals surface area contributed by atoms with Crippen LogP contribution < -0.4 is 10.5 Å². The third-order valence-electron chi connectivity index (χ3n) is 1.90. The van der Waals surface area contributed by atoms with E-state index in [1.54, 1.807) is 12.4 Å². The summed E-state index contributed by atoms with van der Waals surface area (Å²) in [5, 5.41) is 0.841. The molecule has 0 fully saturated rings. The van der Waals surface area contributed by atoms with Gasteiger partial charge in [0.25, 0.3) is 0 Å². The highest BCUT2D eigenvalue weighted by molar-refractivity contribution is 7.99. The van der Waals surface area contributed by atoms with Crippen LogP contribution in [0.4, 0.5) is 5.69 Å². The number of rotatable bonds is 4. The molecular weight excluding hydrogens is 222 g/mol. The molecule has 84 valence electrons. The molecule has 0 amide bonds. The Morgan fingerprint density at radius 1 is 1.44 bits per heavy atom. The van der Waals surface area contributed by atoms with Crippen LogP contribution >= 0.6 is 11.8 Å². The van der Waals surface area contributed by atoms with Crippen molar-refractivity contribution in [2.75, 3.05) is 12.3 Å². The fourth-order valence-electron chi connectivity index (χ4n) is 1.32. The van der Waals surface area contributed by atoms with E-state index >= 15 is 0 Å². The summed E-state index contributed by atoms with van der Waals surface area (Å²) in [4.78, 5) is 8.18. The first-order valence-corrected chi connectivity index (χ1v) is 5.80. The fraction of sp³-hybridized carbons (Fsp3) is 0.182. The molecule has 0 radical (unpaired) electrons. The number of imidazole rings is 1. The van der Waals surface area contributed by atoms with Crippen LogP contribution in [0.25, 0.3) is 0 Å². The Morgan fingerprint density at radius 3 is 3.00 bits per heavy atom. The zero-order valence-electron chi connectivity index (χ0n) is 8.93. The van der Waals surface area contributed by atoms with Gasteiger partial charge in [0.15, 0.2) is 5.16 Å². The highest BCUT2D eigenvalue weighted by atomic mass is 32.2. The number of nitrogens with two attached hydrogens (primary N) is 1. The summed E-state index contributed by atoms with van der Waals surface area (Å²) in [6, 6.07) is 5.67. The zero-order valence-corrected chi connectivity index (χ0v) is 9.75. The van der Waals surface area contributed by atoms with Crippen molar-refractivity contribution in [2.45, 2.75) is 17.0 Å². The van der Waals surface area contributed by atoms with Crippen LogP contribution in [-0.2, 0) is 0 Å². The third kappa shape index (κ3) is 2.70. The number of benzene rings is 1. The van der Waals surface area contributed by atoms with E-state index in [-0.39, 0.29) is 0 Å². The Hall–Kier alpha value is -1.62. The van der Waals surface area contributed by atoms with E-state index < -0.39 is 0 Å².